The topological polar surface area (TPSA) is 37.6 Å². The maximum Gasteiger partial charge on any atom is 0.258 e. The smallest absolute Gasteiger partial charge is 0.258 e. The summed E-state index contributed by atoms with van der Waals surface area (Å²) in [5, 5.41) is 0. The van der Waals surface area contributed by atoms with Crippen LogP contribution in [0.15, 0.2) is 59.5 Å². The summed E-state index contributed by atoms with van der Waals surface area (Å²) in [6.07, 6.45) is 2.94. The van der Waals surface area contributed by atoms with Crippen LogP contribution in [0.4, 0.5) is 0 Å². The van der Waals surface area contributed by atoms with Crippen LogP contribution in [0.1, 0.15) is 29.2 Å². The number of rotatable bonds is 3. The number of pyridine rings is 1. The molecule has 0 spiro atoms. The van der Waals surface area contributed by atoms with E-state index in [1.807, 2.05) is 19.1 Å². The van der Waals surface area contributed by atoms with Gasteiger partial charge in [0.05, 0.1) is 5.69 Å². The first-order valence-corrected chi connectivity index (χ1v) is 8.46. The lowest BCUT2D eigenvalue weighted by Gasteiger charge is -2.16. The number of hydrogen-bond acceptors (Lipinski definition) is 3. The van der Waals surface area contributed by atoms with Crippen LogP contribution >= 0.6 is 0 Å². The van der Waals surface area contributed by atoms with Gasteiger partial charge >= 0.3 is 0 Å². The Kier molecular flexibility index (Phi) is 3.90. The minimum Gasteiger partial charge on any atom is -0.297 e. The van der Waals surface area contributed by atoms with Gasteiger partial charge in [-0.3, -0.25) is 14.1 Å². The van der Waals surface area contributed by atoms with Crippen LogP contribution in [-0.4, -0.2) is 27.4 Å². The standard InChI is InChI=1S/C20H21N3O/c1-15-6-5-10-23-19(24)12-18(21-20(15)23)14-22-11-9-17(13-22)16-7-3-2-4-8-16/h2-8,10,12,17H,9,11,13-14H2,1H3. The number of benzene rings is 1. The lowest BCUT2D eigenvalue weighted by Crippen LogP contribution is -2.23. The average Bonchev–Trinajstić information content (AvgIpc) is 3.05. The molecule has 1 unspecified atom stereocenters. The van der Waals surface area contributed by atoms with Crippen molar-refractivity contribution in [2.45, 2.75) is 25.8 Å². The number of aromatic nitrogens is 2. The van der Waals surface area contributed by atoms with E-state index in [1.54, 1.807) is 16.7 Å². The van der Waals surface area contributed by atoms with Crippen molar-refractivity contribution in [2.75, 3.05) is 13.1 Å². The Bertz CT molecular complexity index is 917. The molecule has 4 nitrogen and oxygen atoms in total. The number of hydrogen-bond donors (Lipinski definition) is 0. The molecule has 0 aliphatic carbocycles. The fraction of sp³-hybridized carbons (Fsp3) is 0.300. The van der Waals surface area contributed by atoms with Gasteiger partial charge in [0.15, 0.2) is 0 Å². The third kappa shape index (κ3) is 2.85. The van der Waals surface area contributed by atoms with E-state index in [4.69, 9.17) is 4.98 Å². The molecule has 0 saturated carbocycles. The van der Waals surface area contributed by atoms with Crippen molar-refractivity contribution in [3.8, 4) is 0 Å². The predicted octanol–water partition coefficient (Wildman–Crippen LogP) is 2.99. The molecule has 1 aliphatic heterocycles. The summed E-state index contributed by atoms with van der Waals surface area (Å²) in [5.74, 6) is 0.578. The highest BCUT2D eigenvalue weighted by Crippen LogP contribution is 2.27. The van der Waals surface area contributed by atoms with E-state index in [-0.39, 0.29) is 5.56 Å². The second kappa shape index (κ2) is 6.21. The summed E-state index contributed by atoms with van der Waals surface area (Å²) >= 11 is 0. The molecule has 1 aliphatic rings. The first kappa shape index (κ1) is 15.1. The zero-order valence-corrected chi connectivity index (χ0v) is 13.9. The van der Waals surface area contributed by atoms with Crippen molar-refractivity contribution in [3.05, 3.63) is 81.9 Å². The summed E-state index contributed by atoms with van der Waals surface area (Å²) in [6.45, 7) is 4.81. The molecule has 0 amide bonds. The molecular formula is C20H21N3O. The Balaban J connectivity index is 1.55. The fourth-order valence-electron chi connectivity index (χ4n) is 3.59. The first-order chi connectivity index (χ1) is 11.7. The van der Waals surface area contributed by atoms with Gasteiger partial charge in [0.1, 0.15) is 5.65 Å². The highest BCUT2D eigenvalue weighted by Gasteiger charge is 2.24. The monoisotopic (exact) mass is 319 g/mol. The van der Waals surface area contributed by atoms with Gasteiger partial charge in [0.2, 0.25) is 0 Å². The molecule has 2 aromatic heterocycles. The molecule has 0 radical (unpaired) electrons. The van der Waals surface area contributed by atoms with Gasteiger partial charge in [-0.1, -0.05) is 36.4 Å². The lowest BCUT2D eigenvalue weighted by atomic mass is 9.99. The fourth-order valence-corrected chi connectivity index (χ4v) is 3.59. The summed E-state index contributed by atoms with van der Waals surface area (Å²) in [5.41, 5.74) is 4.06. The second-order valence-electron chi connectivity index (χ2n) is 6.60. The van der Waals surface area contributed by atoms with Gasteiger partial charge in [-0.15, -0.1) is 0 Å². The summed E-state index contributed by atoms with van der Waals surface area (Å²) < 4.78 is 1.62. The maximum absolute atomic E-state index is 12.3. The average molecular weight is 319 g/mol. The van der Waals surface area contributed by atoms with E-state index in [0.29, 0.717) is 5.92 Å². The molecule has 0 N–H and O–H groups in total. The Morgan fingerprint density at radius 2 is 2.00 bits per heavy atom. The molecule has 1 fully saturated rings. The molecule has 3 aromatic rings. The van der Waals surface area contributed by atoms with E-state index >= 15 is 0 Å². The largest absolute Gasteiger partial charge is 0.297 e. The number of aryl methyl sites for hydroxylation is 1. The maximum atomic E-state index is 12.3. The highest BCUT2D eigenvalue weighted by atomic mass is 16.1. The third-order valence-electron chi connectivity index (χ3n) is 4.87. The van der Waals surface area contributed by atoms with Gasteiger partial charge in [0, 0.05) is 25.4 Å². The summed E-state index contributed by atoms with van der Waals surface area (Å²) in [6, 6.07) is 16.2. The molecule has 122 valence electrons. The molecule has 1 aromatic carbocycles. The van der Waals surface area contributed by atoms with Crippen LogP contribution in [-0.2, 0) is 6.54 Å². The van der Waals surface area contributed by atoms with Gasteiger partial charge < -0.3 is 0 Å². The molecule has 1 atom stereocenters. The van der Waals surface area contributed by atoms with Crippen molar-refractivity contribution in [1.82, 2.24) is 14.3 Å². The van der Waals surface area contributed by atoms with Gasteiger partial charge in [0.25, 0.3) is 5.56 Å². The highest BCUT2D eigenvalue weighted by molar-refractivity contribution is 5.46. The van der Waals surface area contributed by atoms with Crippen LogP contribution in [0.5, 0.6) is 0 Å². The zero-order valence-electron chi connectivity index (χ0n) is 13.9. The second-order valence-corrected chi connectivity index (χ2v) is 6.60. The molecule has 3 heterocycles. The van der Waals surface area contributed by atoms with Crippen molar-refractivity contribution in [2.24, 2.45) is 0 Å². The molecule has 1 saturated heterocycles. The van der Waals surface area contributed by atoms with Crippen LogP contribution in [0, 0.1) is 6.92 Å². The van der Waals surface area contributed by atoms with Gasteiger partial charge in [-0.05, 0) is 43.0 Å². The van der Waals surface area contributed by atoms with E-state index in [0.717, 1.165) is 43.0 Å². The van der Waals surface area contributed by atoms with Gasteiger partial charge in [-0.2, -0.15) is 0 Å². The summed E-state index contributed by atoms with van der Waals surface area (Å²) in [4.78, 5) is 19.4. The predicted molar refractivity (Wildman–Crippen MR) is 95.3 cm³/mol. The quantitative estimate of drug-likeness (QED) is 0.745. The zero-order chi connectivity index (χ0) is 16.5. The molecular weight excluding hydrogens is 298 g/mol. The van der Waals surface area contributed by atoms with Crippen molar-refractivity contribution >= 4 is 5.65 Å². The van der Waals surface area contributed by atoms with Gasteiger partial charge in [-0.25, -0.2) is 4.98 Å². The molecule has 4 heteroatoms. The van der Waals surface area contributed by atoms with Crippen LogP contribution < -0.4 is 5.56 Å². The third-order valence-corrected chi connectivity index (χ3v) is 4.87. The first-order valence-electron chi connectivity index (χ1n) is 8.46. The van der Waals surface area contributed by atoms with Crippen LogP contribution in [0.3, 0.4) is 0 Å². The Morgan fingerprint density at radius 1 is 1.17 bits per heavy atom. The van der Waals surface area contributed by atoms with E-state index in [1.165, 1.54) is 5.56 Å². The number of nitrogens with zero attached hydrogens (tertiary/aromatic N) is 3. The van der Waals surface area contributed by atoms with Crippen molar-refractivity contribution in [3.63, 3.8) is 0 Å². The Labute approximate surface area is 141 Å². The molecule has 4 rings (SSSR count). The Hall–Kier alpha value is -2.46. The minimum atomic E-state index is -0.00231. The minimum absolute atomic E-state index is 0.00231. The van der Waals surface area contributed by atoms with E-state index < -0.39 is 0 Å². The SMILES string of the molecule is Cc1cccn2c(=O)cc(CN3CCC(c4ccccc4)C3)nc12. The molecule has 24 heavy (non-hydrogen) atoms. The normalized spacial score (nSPS) is 18.3. The molecule has 0 bridgehead atoms. The number of fused-ring (bicyclic) bond motifs is 1. The van der Waals surface area contributed by atoms with Crippen molar-refractivity contribution in [1.29, 1.82) is 0 Å². The van der Waals surface area contributed by atoms with Crippen LogP contribution in [0.2, 0.25) is 0 Å². The lowest BCUT2D eigenvalue weighted by molar-refractivity contribution is 0.322. The number of likely N-dealkylation sites (tertiary alicyclic amines) is 1. The summed E-state index contributed by atoms with van der Waals surface area (Å²) in [7, 11) is 0. The Morgan fingerprint density at radius 3 is 2.83 bits per heavy atom. The van der Waals surface area contributed by atoms with Crippen molar-refractivity contribution < 1.29 is 0 Å². The van der Waals surface area contributed by atoms with Crippen LogP contribution in [0.25, 0.3) is 5.65 Å². The van der Waals surface area contributed by atoms with E-state index in [2.05, 4.69) is 35.2 Å². The van der Waals surface area contributed by atoms with E-state index in [9.17, 15) is 4.79 Å².